The van der Waals surface area contributed by atoms with Crippen molar-refractivity contribution in [2.24, 2.45) is 0 Å². The molecule has 1 saturated heterocycles. The molecule has 0 aromatic rings. The van der Waals surface area contributed by atoms with E-state index < -0.39 is 73.0 Å². The Hall–Kier alpha value is -2.00. The third-order valence-corrected chi connectivity index (χ3v) is 3.30. The first-order valence-electron chi connectivity index (χ1n) is 6.75. The third kappa shape index (κ3) is 4.55. The maximum absolute atomic E-state index is 11.7. The van der Waals surface area contributed by atoms with Gasteiger partial charge in [0, 0.05) is 0 Å². The zero-order valence-corrected chi connectivity index (χ0v) is 12.4. The minimum atomic E-state index is -2.26. The molecule has 0 aliphatic carbocycles. The number of ether oxygens (including phenoxy) is 2. The van der Waals surface area contributed by atoms with Gasteiger partial charge in [0.05, 0.1) is 6.61 Å². The van der Waals surface area contributed by atoms with E-state index in [-0.39, 0.29) is 0 Å². The predicted octanol–water partition coefficient (Wildman–Crippen LogP) is -4.54. The first kappa shape index (κ1) is 21.0. The zero-order valence-electron chi connectivity index (χ0n) is 12.4. The topological polar surface area (TPSA) is 235 Å². The van der Waals surface area contributed by atoms with Gasteiger partial charge in [0.1, 0.15) is 30.5 Å². The summed E-state index contributed by atoms with van der Waals surface area (Å²) >= 11 is 0. The Morgan fingerprint density at radius 3 is 2.04 bits per heavy atom. The first-order chi connectivity index (χ1) is 11.5. The molecule has 13 nitrogen and oxygen atoms in total. The number of aliphatic carboxylic acids is 1. The number of carboxylic acids is 1. The summed E-state index contributed by atoms with van der Waals surface area (Å²) in [4.78, 5) is 22.5. The van der Waals surface area contributed by atoms with E-state index in [1.54, 1.807) is 0 Å². The highest BCUT2D eigenvalue weighted by Crippen LogP contribution is 2.23. The smallest absolute Gasteiger partial charge is 0.379 e. The Kier molecular flexibility index (Phi) is 7.06. The van der Waals surface area contributed by atoms with Crippen molar-refractivity contribution in [2.45, 2.75) is 42.9 Å². The van der Waals surface area contributed by atoms with Crippen LogP contribution in [-0.2, 0) is 19.1 Å². The normalized spacial score (nSPS) is 33.1. The minimum Gasteiger partial charge on any atom is -0.506 e. The summed E-state index contributed by atoms with van der Waals surface area (Å²) in [5.41, 5.74) is 0. The van der Waals surface area contributed by atoms with Crippen LogP contribution in [0, 0.1) is 0 Å². The lowest BCUT2D eigenvalue weighted by atomic mass is 9.99. The molecule has 25 heavy (non-hydrogen) atoms. The van der Waals surface area contributed by atoms with Gasteiger partial charge in [-0.2, -0.15) is 0 Å². The molecular formula is C12H18O13. The molecule has 7 atom stereocenters. The molecular weight excluding hydrogens is 352 g/mol. The van der Waals surface area contributed by atoms with E-state index >= 15 is 0 Å². The lowest BCUT2D eigenvalue weighted by Crippen LogP contribution is -2.60. The third-order valence-electron chi connectivity index (χ3n) is 3.30. The molecule has 0 bridgehead atoms. The number of carbonyl (C=O) groups is 2. The van der Waals surface area contributed by atoms with Crippen molar-refractivity contribution >= 4 is 11.9 Å². The molecule has 0 aromatic carbocycles. The minimum absolute atomic E-state index is 1.03. The van der Waals surface area contributed by atoms with Crippen LogP contribution in [0.1, 0.15) is 0 Å². The lowest BCUT2D eigenvalue weighted by Gasteiger charge is -2.37. The molecule has 0 aromatic heterocycles. The van der Waals surface area contributed by atoms with E-state index in [9.17, 15) is 40.2 Å². The number of aliphatic hydroxyl groups excluding tert-OH is 8. The fourth-order valence-electron chi connectivity index (χ4n) is 1.84. The SMILES string of the molecule is O=C(O[C@@H]1O[C@H](C(=O)O)[C@@H](O)[C@H](O)[C@H]1O)/C(O)=C(/O)[C@H](O)[C@H](O)CO. The molecule has 0 radical (unpaired) electrons. The quantitative estimate of drug-likeness (QED) is 0.122. The molecule has 1 heterocycles. The Morgan fingerprint density at radius 1 is 1.00 bits per heavy atom. The molecule has 1 fully saturated rings. The van der Waals surface area contributed by atoms with Crippen LogP contribution in [0.25, 0.3) is 0 Å². The largest absolute Gasteiger partial charge is 0.506 e. The summed E-state index contributed by atoms with van der Waals surface area (Å²) < 4.78 is 8.98. The second-order valence-corrected chi connectivity index (χ2v) is 5.07. The molecule has 1 aliphatic heterocycles. The molecule has 0 unspecified atom stereocenters. The van der Waals surface area contributed by atoms with E-state index in [2.05, 4.69) is 9.47 Å². The van der Waals surface area contributed by atoms with Crippen LogP contribution in [0.15, 0.2) is 11.5 Å². The molecule has 144 valence electrons. The second kappa shape index (κ2) is 8.39. The van der Waals surface area contributed by atoms with Crippen molar-refractivity contribution in [1.82, 2.24) is 0 Å². The standard InChI is InChI=1S/C12H18O13/c13-1-2(14)3(15)4(16)7(19)11(23)25-12-8(20)5(17)6(18)9(24-12)10(21)22/h2-3,5-6,8-9,12-20H,1H2,(H,21,22)/b7-4-/t2-,3-,5+,6+,8-,9+,12+/m1/s1. The molecule has 13 heteroatoms. The number of carbonyl (C=O) groups excluding carboxylic acids is 1. The summed E-state index contributed by atoms with van der Waals surface area (Å²) in [6, 6.07) is 0. The Balaban J connectivity index is 2.92. The second-order valence-electron chi connectivity index (χ2n) is 5.07. The number of carboxylic acid groups (broad SMARTS) is 1. The van der Waals surface area contributed by atoms with Gasteiger partial charge >= 0.3 is 11.9 Å². The fraction of sp³-hybridized carbons (Fsp3) is 0.667. The van der Waals surface area contributed by atoms with Gasteiger partial charge in [-0.25, -0.2) is 9.59 Å². The van der Waals surface area contributed by atoms with Crippen molar-refractivity contribution in [3.05, 3.63) is 11.5 Å². The van der Waals surface area contributed by atoms with Gasteiger partial charge in [0.25, 0.3) is 0 Å². The van der Waals surface area contributed by atoms with Crippen molar-refractivity contribution < 1.29 is 65.0 Å². The van der Waals surface area contributed by atoms with Crippen LogP contribution in [-0.4, -0.2) is 107 Å². The molecule has 0 amide bonds. The monoisotopic (exact) mass is 370 g/mol. The van der Waals surface area contributed by atoms with Gasteiger partial charge in [0.2, 0.25) is 12.0 Å². The number of hydrogen-bond acceptors (Lipinski definition) is 12. The van der Waals surface area contributed by atoms with Crippen molar-refractivity contribution in [1.29, 1.82) is 0 Å². The van der Waals surface area contributed by atoms with E-state index in [0.717, 1.165) is 0 Å². The lowest BCUT2D eigenvalue weighted by molar-refractivity contribution is -0.285. The Bertz CT molecular complexity index is 531. The van der Waals surface area contributed by atoms with Crippen molar-refractivity contribution in [3.63, 3.8) is 0 Å². The van der Waals surface area contributed by atoms with E-state index in [0.29, 0.717) is 0 Å². The van der Waals surface area contributed by atoms with Gasteiger partial charge in [0.15, 0.2) is 11.9 Å². The highest BCUT2D eigenvalue weighted by atomic mass is 16.7. The average molecular weight is 370 g/mol. The van der Waals surface area contributed by atoms with Crippen LogP contribution in [0.4, 0.5) is 0 Å². The van der Waals surface area contributed by atoms with Gasteiger partial charge in [-0.3, -0.25) is 0 Å². The Morgan fingerprint density at radius 2 is 1.56 bits per heavy atom. The number of aliphatic hydroxyl groups is 8. The number of esters is 1. The van der Waals surface area contributed by atoms with Gasteiger partial charge in [-0.1, -0.05) is 0 Å². The summed E-state index contributed by atoms with van der Waals surface area (Å²) in [6.07, 6.45) is -14.6. The summed E-state index contributed by atoms with van der Waals surface area (Å²) in [5, 5.41) is 83.3. The van der Waals surface area contributed by atoms with Crippen LogP contribution in [0.5, 0.6) is 0 Å². The van der Waals surface area contributed by atoms with Crippen LogP contribution in [0.3, 0.4) is 0 Å². The zero-order chi connectivity index (χ0) is 19.5. The Labute approximate surface area is 139 Å². The first-order valence-corrected chi connectivity index (χ1v) is 6.75. The summed E-state index contributed by atoms with van der Waals surface area (Å²) in [7, 11) is 0. The molecule has 9 N–H and O–H groups in total. The molecule has 0 spiro atoms. The maximum atomic E-state index is 11.7. The van der Waals surface area contributed by atoms with Crippen LogP contribution < -0.4 is 0 Å². The summed E-state index contributed by atoms with van der Waals surface area (Å²) in [6.45, 7) is -1.03. The van der Waals surface area contributed by atoms with Gasteiger partial charge in [-0.05, 0) is 0 Å². The van der Waals surface area contributed by atoms with Crippen LogP contribution >= 0.6 is 0 Å². The van der Waals surface area contributed by atoms with Crippen molar-refractivity contribution in [3.8, 4) is 0 Å². The summed E-state index contributed by atoms with van der Waals surface area (Å²) in [5.74, 6) is -6.68. The van der Waals surface area contributed by atoms with Crippen LogP contribution in [0.2, 0.25) is 0 Å². The molecule has 1 aliphatic rings. The maximum Gasteiger partial charge on any atom is 0.379 e. The fourth-order valence-corrected chi connectivity index (χ4v) is 1.84. The molecule has 1 rings (SSSR count). The highest BCUT2D eigenvalue weighted by Gasteiger charge is 2.49. The van der Waals surface area contributed by atoms with Gasteiger partial charge in [-0.15, -0.1) is 0 Å². The number of hydrogen-bond donors (Lipinski definition) is 9. The average Bonchev–Trinajstić information content (AvgIpc) is 2.58. The van der Waals surface area contributed by atoms with E-state index in [4.69, 9.17) is 15.3 Å². The predicted molar refractivity (Wildman–Crippen MR) is 71.8 cm³/mol. The van der Waals surface area contributed by atoms with E-state index in [1.165, 1.54) is 0 Å². The van der Waals surface area contributed by atoms with Crippen molar-refractivity contribution in [2.75, 3.05) is 6.61 Å². The number of rotatable bonds is 6. The van der Waals surface area contributed by atoms with Gasteiger partial charge < -0.3 is 55.4 Å². The van der Waals surface area contributed by atoms with E-state index in [1.807, 2.05) is 0 Å². The highest BCUT2D eigenvalue weighted by molar-refractivity contribution is 5.86. The molecule has 0 saturated carbocycles.